The average molecular weight is 337 g/mol. The summed E-state index contributed by atoms with van der Waals surface area (Å²) in [6, 6.07) is 12.4. The smallest absolute Gasteiger partial charge is 0.406 e. The first-order chi connectivity index (χ1) is 11.3. The Kier molecular flexibility index (Phi) is 5.89. The maximum absolute atomic E-state index is 12.5. The molecule has 0 spiro atoms. The topological polar surface area (TPSA) is 21.3 Å². The van der Waals surface area contributed by atoms with Gasteiger partial charge in [0, 0.05) is 6.54 Å². The Bertz CT molecular complexity index is 663. The number of nitrogens with one attached hydrogen (secondary N) is 1. The molecule has 0 radical (unpaired) electrons. The van der Waals surface area contributed by atoms with E-state index in [1.165, 1.54) is 17.7 Å². The molecule has 5 heteroatoms. The van der Waals surface area contributed by atoms with Gasteiger partial charge in [-0.2, -0.15) is 0 Å². The molecule has 130 valence electrons. The highest BCUT2D eigenvalue weighted by atomic mass is 19.4. The minimum atomic E-state index is -4.69. The molecule has 0 aliphatic carbocycles. The SMILES string of the molecule is CNCc1ccc(OC(F)(F)F)cc1-c1ccc(CC(C)C)cc1. The maximum Gasteiger partial charge on any atom is 0.573 e. The van der Waals surface area contributed by atoms with Crippen molar-refractivity contribution in [1.29, 1.82) is 0 Å². The number of benzene rings is 2. The van der Waals surface area contributed by atoms with Gasteiger partial charge in [-0.3, -0.25) is 0 Å². The zero-order valence-corrected chi connectivity index (χ0v) is 14.1. The zero-order chi connectivity index (χ0) is 17.7. The average Bonchev–Trinajstić information content (AvgIpc) is 2.48. The Morgan fingerprint density at radius 2 is 1.71 bits per heavy atom. The molecule has 24 heavy (non-hydrogen) atoms. The quantitative estimate of drug-likeness (QED) is 0.785. The van der Waals surface area contributed by atoms with Crippen LogP contribution >= 0.6 is 0 Å². The van der Waals surface area contributed by atoms with Crippen LogP contribution in [-0.2, 0) is 13.0 Å². The van der Waals surface area contributed by atoms with Gasteiger partial charge in [0.2, 0.25) is 0 Å². The van der Waals surface area contributed by atoms with E-state index in [1.54, 1.807) is 13.1 Å². The van der Waals surface area contributed by atoms with Crippen molar-refractivity contribution in [3.63, 3.8) is 0 Å². The summed E-state index contributed by atoms with van der Waals surface area (Å²) in [5.41, 5.74) is 3.75. The summed E-state index contributed by atoms with van der Waals surface area (Å²) < 4.78 is 41.4. The maximum atomic E-state index is 12.5. The minimum Gasteiger partial charge on any atom is -0.406 e. The number of hydrogen-bond acceptors (Lipinski definition) is 2. The lowest BCUT2D eigenvalue weighted by molar-refractivity contribution is -0.274. The Labute approximate surface area is 140 Å². The van der Waals surface area contributed by atoms with Crippen molar-refractivity contribution in [2.24, 2.45) is 5.92 Å². The molecule has 2 nitrogen and oxygen atoms in total. The van der Waals surface area contributed by atoms with E-state index in [0.717, 1.165) is 23.1 Å². The molecule has 0 saturated heterocycles. The molecule has 0 bridgehead atoms. The molecule has 0 amide bonds. The predicted octanol–water partition coefficient (Wildman–Crippen LogP) is 5.17. The van der Waals surface area contributed by atoms with E-state index in [9.17, 15) is 13.2 Å². The third kappa shape index (κ3) is 5.27. The summed E-state index contributed by atoms with van der Waals surface area (Å²) in [5, 5.41) is 3.04. The molecular weight excluding hydrogens is 315 g/mol. The number of alkyl halides is 3. The molecule has 2 aromatic rings. The van der Waals surface area contributed by atoms with E-state index in [-0.39, 0.29) is 5.75 Å². The molecule has 0 heterocycles. The van der Waals surface area contributed by atoms with Crippen LogP contribution in [0.25, 0.3) is 11.1 Å². The lowest BCUT2D eigenvalue weighted by Gasteiger charge is -2.14. The monoisotopic (exact) mass is 337 g/mol. The fourth-order valence-corrected chi connectivity index (χ4v) is 2.66. The van der Waals surface area contributed by atoms with Gasteiger partial charge >= 0.3 is 6.36 Å². The number of hydrogen-bond donors (Lipinski definition) is 1. The second-order valence-electron chi connectivity index (χ2n) is 6.19. The molecule has 2 aromatic carbocycles. The fourth-order valence-electron chi connectivity index (χ4n) is 2.66. The van der Waals surface area contributed by atoms with Gasteiger partial charge in [-0.05, 0) is 53.8 Å². The summed E-state index contributed by atoms with van der Waals surface area (Å²) in [7, 11) is 1.80. The summed E-state index contributed by atoms with van der Waals surface area (Å²) in [5.74, 6) is 0.350. The van der Waals surface area contributed by atoms with Gasteiger partial charge in [0.05, 0.1) is 0 Å². The van der Waals surface area contributed by atoms with Crippen LogP contribution in [0.1, 0.15) is 25.0 Å². The fraction of sp³-hybridized carbons (Fsp3) is 0.368. The molecule has 0 aliphatic heterocycles. The molecule has 0 aliphatic rings. The van der Waals surface area contributed by atoms with E-state index < -0.39 is 6.36 Å². The lowest BCUT2D eigenvalue weighted by Crippen LogP contribution is -2.17. The van der Waals surface area contributed by atoms with Crippen molar-refractivity contribution in [1.82, 2.24) is 5.32 Å². The van der Waals surface area contributed by atoms with Gasteiger partial charge in [-0.25, -0.2) is 0 Å². The molecule has 0 fully saturated rings. The van der Waals surface area contributed by atoms with Crippen molar-refractivity contribution in [3.05, 3.63) is 53.6 Å². The highest BCUT2D eigenvalue weighted by Gasteiger charge is 2.31. The molecule has 0 saturated carbocycles. The van der Waals surface area contributed by atoms with Crippen LogP contribution in [-0.4, -0.2) is 13.4 Å². The summed E-state index contributed by atoms with van der Waals surface area (Å²) in [6.07, 6.45) is -3.72. The van der Waals surface area contributed by atoms with E-state index >= 15 is 0 Å². The van der Waals surface area contributed by atoms with Crippen molar-refractivity contribution in [3.8, 4) is 16.9 Å². The summed E-state index contributed by atoms with van der Waals surface area (Å²) >= 11 is 0. The van der Waals surface area contributed by atoms with Gasteiger partial charge in [0.15, 0.2) is 0 Å². The summed E-state index contributed by atoms with van der Waals surface area (Å²) in [6.45, 7) is 4.86. The third-order valence-corrected chi connectivity index (χ3v) is 3.59. The van der Waals surface area contributed by atoms with E-state index in [0.29, 0.717) is 12.5 Å². The molecule has 0 aromatic heterocycles. The van der Waals surface area contributed by atoms with Gasteiger partial charge < -0.3 is 10.1 Å². The Balaban J connectivity index is 2.36. The van der Waals surface area contributed by atoms with Gasteiger partial charge in [-0.15, -0.1) is 13.2 Å². The number of halogens is 3. The van der Waals surface area contributed by atoms with Crippen molar-refractivity contribution >= 4 is 0 Å². The standard InChI is InChI=1S/C19H22F3NO/c1-13(2)10-14-4-6-15(7-5-14)18-11-17(24-19(20,21)22)9-8-16(18)12-23-3/h4-9,11,13,23H,10,12H2,1-3H3. The molecule has 1 N–H and O–H groups in total. The first-order valence-corrected chi connectivity index (χ1v) is 7.91. The number of ether oxygens (including phenoxy) is 1. The second kappa shape index (κ2) is 7.71. The normalized spacial score (nSPS) is 11.8. The first kappa shape index (κ1) is 18.3. The Hall–Kier alpha value is -2.01. The van der Waals surface area contributed by atoms with Crippen LogP contribution in [0.15, 0.2) is 42.5 Å². The van der Waals surface area contributed by atoms with E-state index in [4.69, 9.17) is 0 Å². The molecular formula is C19H22F3NO. The summed E-state index contributed by atoms with van der Waals surface area (Å²) in [4.78, 5) is 0. The zero-order valence-electron chi connectivity index (χ0n) is 14.1. The van der Waals surface area contributed by atoms with Crippen LogP contribution in [0.2, 0.25) is 0 Å². The molecule has 0 atom stereocenters. The Morgan fingerprint density at radius 1 is 1.04 bits per heavy atom. The third-order valence-electron chi connectivity index (χ3n) is 3.59. The predicted molar refractivity (Wildman–Crippen MR) is 89.9 cm³/mol. The van der Waals surface area contributed by atoms with E-state index in [1.807, 2.05) is 24.3 Å². The highest BCUT2D eigenvalue weighted by molar-refractivity contribution is 5.69. The van der Waals surface area contributed by atoms with Gasteiger partial charge in [-0.1, -0.05) is 44.2 Å². The molecule has 0 unspecified atom stereocenters. The van der Waals surface area contributed by atoms with Crippen LogP contribution in [0, 0.1) is 5.92 Å². The first-order valence-electron chi connectivity index (χ1n) is 7.91. The van der Waals surface area contributed by atoms with E-state index in [2.05, 4.69) is 23.9 Å². The van der Waals surface area contributed by atoms with Gasteiger partial charge in [0.25, 0.3) is 0 Å². The van der Waals surface area contributed by atoms with Crippen molar-refractivity contribution in [2.45, 2.75) is 33.2 Å². The lowest BCUT2D eigenvalue weighted by atomic mass is 9.96. The van der Waals surface area contributed by atoms with Crippen LogP contribution in [0.4, 0.5) is 13.2 Å². The Morgan fingerprint density at radius 3 is 2.25 bits per heavy atom. The number of rotatable bonds is 6. The minimum absolute atomic E-state index is 0.205. The molecule has 2 rings (SSSR count). The van der Waals surface area contributed by atoms with Crippen molar-refractivity contribution in [2.75, 3.05) is 7.05 Å². The van der Waals surface area contributed by atoms with Gasteiger partial charge in [0.1, 0.15) is 5.75 Å². The second-order valence-corrected chi connectivity index (χ2v) is 6.19. The van der Waals surface area contributed by atoms with Crippen molar-refractivity contribution < 1.29 is 17.9 Å². The van der Waals surface area contributed by atoms with Crippen LogP contribution < -0.4 is 10.1 Å². The highest BCUT2D eigenvalue weighted by Crippen LogP contribution is 2.31. The van der Waals surface area contributed by atoms with Crippen LogP contribution in [0.3, 0.4) is 0 Å². The van der Waals surface area contributed by atoms with Crippen LogP contribution in [0.5, 0.6) is 5.75 Å². The largest absolute Gasteiger partial charge is 0.573 e.